The third-order valence-corrected chi connectivity index (χ3v) is 6.87. The number of carbonyl (C=O) groups is 2. The fraction of sp³-hybridized carbons (Fsp3) is 0.348. The van der Waals surface area contributed by atoms with E-state index in [1.165, 1.54) is 12.1 Å². The minimum absolute atomic E-state index is 0.00712. The second-order valence-corrected chi connectivity index (χ2v) is 8.46. The van der Waals surface area contributed by atoms with Crippen molar-refractivity contribution in [3.05, 3.63) is 70.8 Å². The number of halogens is 2. The van der Waals surface area contributed by atoms with Crippen molar-refractivity contribution in [2.75, 3.05) is 6.54 Å². The molecule has 0 bridgehead atoms. The second-order valence-electron chi connectivity index (χ2n) is 8.46. The van der Waals surface area contributed by atoms with Crippen molar-refractivity contribution in [3.63, 3.8) is 0 Å². The highest BCUT2D eigenvalue weighted by Gasteiger charge is 2.62. The van der Waals surface area contributed by atoms with Crippen LogP contribution in [0.4, 0.5) is 8.78 Å². The Hall–Kier alpha value is -3.13. The number of amides is 2. The van der Waals surface area contributed by atoms with Crippen molar-refractivity contribution in [1.82, 2.24) is 9.80 Å². The van der Waals surface area contributed by atoms with E-state index in [2.05, 4.69) is 4.90 Å². The molecule has 2 aromatic rings. The number of amidine groups is 1. The quantitative estimate of drug-likeness (QED) is 0.448. The molecule has 6 nitrogen and oxygen atoms in total. The molecule has 3 aliphatic rings. The first kappa shape index (κ1) is 19.8. The number of imide groups is 1. The second kappa shape index (κ2) is 7.23. The molecule has 3 aliphatic heterocycles. The number of likely N-dealkylation sites (tertiary alicyclic amines) is 1. The number of nitrogens with zero attached hydrogens (tertiary/aromatic N) is 2. The van der Waals surface area contributed by atoms with Gasteiger partial charge in [0.1, 0.15) is 5.84 Å². The molecule has 2 amide bonds. The van der Waals surface area contributed by atoms with E-state index in [1.54, 1.807) is 12.1 Å². The van der Waals surface area contributed by atoms with Crippen LogP contribution in [0.25, 0.3) is 0 Å². The average molecular weight is 424 g/mol. The van der Waals surface area contributed by atoms with Gasteiger partial charge in [-0.3, -0.25) is 24.8 Å². The van der Waals surface area contributed by atoms with E-state index >= 15 is 0 Å². The van der Waals surface area contributed by atoms with Gasteiger partial charge in [0.05, 0.1) is 18.4 Å². The van der Waals surface area contributed by atoms with Gasteiger partial charge in [-0.1, -0.05) is 36.4 Å². The molecule has 8 heteroatoms. The molecule has 0 saturated carbocycles. The number of hydrogen-bond acceptors (Lipinski definition) is 4. The highest BCUT2D eigenvalue weighted by molar-refractivity contribution is 6.06. The number of carbonyl (C=O) groups excluding carboxylic acids is 2. The topological polar surface area (TPSA) is 90.5 Å². The Bertz CT molecular complexity index is 1090. The fourth-order valence-electron chi connectivity index (χ4n) is 5.52. The standard InChI is InChI=1S/C23H22F2N4O2/c24-15-4-1-3-14(19(15)25)11-29-22(30)17-16-5-2-10-28(16)20(18(17)23(29)31)12-6-8-13(9-7-12)21(26)27/h1,3-4,6-9,16-18,20H,2,5,10-11H2,(H3,26,27)/t16-,17-,18-,20-/m0/s1. The van der Waals surface area contributed by atoms with Crippen LogP contribution in [-0.2, 0) is 16.1 Å². The minimum Gasteiger partial charge on any atom is -0.384 e. The summed E-state index contributed by atoms with van der Waals surface area (Å²) in [5, 5.41) is 7.58. The van der Waals surface area contributed by atoms with Gasteiger partial charge < -0.3 is 5.73 Å². The molecule has 0 aliphatic carbocycles. The molecular weight excluding hydrogens is 402 g/mol. The van der Waals surface area contributed by atoms with Gasteiger partial charge in [0, 0.05) is 23.2 Å². The lowest BCUT2D eigenvalue weighted by atomic mass is 9.85. The predicted molar refractivity (Wildman–Crippen MR) is 109 cm³/mol. The van der Waals surface area contributed by atoms with Crippen molar-refractivity contribution in [1.29, 1.82) is 5.41 Å². The number of nitrogen functional groups attached to an aromatic ring is 1. The minimum atomic E-state index is -1.03. The van der Waals surface area contributed by atoms with Crippen LogP contribution >= 0.6 is 0 Å². The zero-order valence-corrected chi connectivity index (χ0v) is 16.7. The maximum Gasteiger partial charge on any atom is 0.235 e. The third kappa shape index (κ3) is 2.96. The molecule has 3 heterocycles. The summed E-state index contributed by atoms with van der Waals surface area (Å²) >= 11 is 0. The summed E-state index contributed by atoms with van der Waals surface area (Å²) in [6, 6.07) is 10.7. The number of nitrogens with two attached hydrogens (primary N) is 1. The van der Waals surface area contributed by atoms with Crippen molar-refractivity contribution >= 4 is 17.6 Å². The summed E-state index contributed by atoms with van der Waals surface area (Å²) in [6.07, 6.45) is 1.76. The Morgan fingerprint density at radius 2 is 1.77 bits per heavy atom. The van der Waals surface area contributed by atoms with Crippen LogP contribution in [-0.4, -0.2) is 40.0 Å². The molecule has 0 radical (unpaired) electrons. The molecule has 5 rings (SSSR count). The molecule has 0 unspecified atom stereocenters. The third-order valence-electron chi connectivity index (χ3n) is 6.87. The number of rotatable bonds is 4. The maximum atomic E-state index is 14.2. The van der Waals surface area contributed by atoms with Gasteiger partial charge >= 0.3 is 0 Å². The lowest BCUT2D eigenvalue weighted by molar-refractivity contribution is -0.142. The lowest BCUT2D eigenvalue weighted by Gasteiger charge is -2.29. The summed E-state index contributed by atoms with van der Waals surface area (Å²) in [5.74, 6) is -3.75. The van der Waals surface area contributed by atoms with E-state index in [9.17, 15) is 18.4 Å². The van der Waals surface area contributed by atoms with Gasteiger partial charge in [0.25, 0.3) is 0 Å². The van der Waals surface area contributed by atoms with Crippen molar-refractivity contribution in [2.24, 2.45) is 17.6 Å². The van der Waals surface area contributed by atoms with E-state index in [0.717, 1.165) is 35.9 Å². The number of nitrogens with one attached hydrogen (secondary N) is 1. The van der Waals surface area contributed by atoms with Crippen molar-refractivity contribution in [3.8, 4) is 0 Å². The molecule has 0 spiro atoms. The van der Waals surface area contributed by atoms with Gasteiger partial charge in [-0.05, 0) is 31.0 Å². The van der Waals surface area contributed by atoms with Gasteiger partial charge in [0.2, 0.25) is 11.8 Å². The average Bonchev–Trinajstić information content (AvgIpc) is 3.39. The van der Waals surface area contributed by atoms with Gasteiger partial charge in [-0.2, -0.15) is 0 Å². The highest BCUT2D eigenvalue weighted by Crippen LogP contribution is 2.53. The fourth-order valence-corrected chi connectivity index (χ4v) is 5.52. The van der Waals surface area contributed by atoms with Crippen LogP contribution in [0.5, 0.6) is 0 Å². The Balaban J connectivity index is 1.50. The summed E-state index contributed by atoms with van der Waals surface area (Å²) in [4.78, 5) is 30.0. The van der Waals surface area contributed by atoms with Crippen LogP contribution in [0.2, 0.25) is 0 Å². The molecule has 3 N–H and O–H groups in total. The summed E-state index contributed by atoms with van der Waals surface area (Å²) in [6.45, 7) is 0.535. The van der Waals surface area contributed by atoms with Crippen LogP contribution in [0.15, 0.2) is 42.5 Å². The van der Waals surface area contributed by atoms with E-state index < -0.39 is 23.5 Å². The van der Waals surface area contributed by atoms with Crippen LogP contribution in [0, 0.1) is 28.9 Å². The van der Waals surface area contributed by atoms with Gasteiger partial charge in [-0.25, -0.2) is 8.78 Å². The molecule has 3 saturated heterocycles. The lowest BCUT2D eigenvalue weighted by Crippen LogP contribution is -2.39. The first-order valence-electron chi connectivity index (χ1n) is 10.4. The molecule has 160 valence electrons. The Morgan fingerprint density at radius 1 is 1.06 bits per heavy atom. The SMILES string of the molecule is N=C(N)c1ccc([C@H]2[C@H]3C(=O)N(Cc4cccc(F)c4F)C(=O)[C@H]3[C@@H]3CCCN32)cc1. The van der Waals surface area contributed by atoms with E-state index in [-0.39, 0.29) is 41.8 Å². The molecule has 4 atom stereocenters. The predicted octanol–water partition coefficient (Wildman–Crippen LogP) is 2.57. The number of benzene rings is 2. The normalized spacial score (nSPS) is 27.6. The number of fused-ring (bicyclic) bond motifs is 3. The summed E-state index contributed by atoms with van der Waals surface area (Å²) < 4.78 is 27.8. The van der Waals surface area contributed by atoms with Crippen LogP contribution < -0.4 is 5.73 Å². The molecule has 31 heavy (non-hydrogen) atoms. The van der Waals surface area contributed by atoms with E-state index in [1.807, 2.05) is 12.1 Å². The highest BCUT2D eigenvalue weighted by atomic mass is 19.2. The summed E-state index contributed by atoms with van der Waals surface area (Å²) in [5.41, 5.74) is 7.03. The largest absolute Gasteiger partial charge is 0.384 e. The molecule has 0 aromatic heterocycles. The van der Waals surface area contributed by atoms with Crippen LogP contribution in [0.1, 0.15) is 35.6 Å². The van der Waals surface area contributed by atoms with Gasteiger partial charge in [0.15, 0.2) is 11.6 Å². The van der Waals surface area contributed by atoms with Crippen molar-refractivity contribution in [2.45, 2.75) is 31.5 Å². The molecular formula is C23H22F2N4O2. The monoisotopic (exact) mass is 424 g/mol. The molecule has 2 aromatic carbocycles. The zero-order valence-electron chi connectivity index (χ0n) is 16.7. The van der Waals surface area contributed by atoms with Crippen LogP contribution in [0.3, 0.4) is 0 Å². The van der Waals surface area contributed by atoms with Gasteiger partial charge in [-0.15, -0.1) is 0 Å². The zero-order chi connectivity index (χ0) is 21.9. The molecule has 3 fully saturated rings. The Morgan fingerprint density at radius 3 is 2.48 bits per heavy atom. The summed E-state index contributed by atoms with van der Waals surface area (Å²) in [7, 11) is 0. The Kier molecular flexibility index (Phi) is 4.62. The first-order valence-corrected chi connectivity index (χ1v) is 10.4. The van der Waals surface area contributed by atoms with E-state index in [4.69, 9.17) is 11.1 Å². The Labute approximate surface area is 178 Å². The maximum absolute atomic E-state index is 14.2. The smallest absolute Gasteiger partial charge is 0.235 e. The first-order chi connectivity index (χ1) is 14.9. The van der Waals surface area contributed by atoms with Crippen molar-refractivity contribution < 1.29 is 18.4 Å². The number of hydrogen-bond donors (Lipinski definition) is 2. The van der Waals surface area contributed by atoms with E-state index in [0.29, 0.717) is 5.56 Å².